The molecule has 0 amide bonds. The van der Waals surface area contributed by atoms with Crippen molar-refractivity contribution in [3.63, 3.8) is 0 Å². The van der Waals surface area contributed by atoms with E-state index < -0.39 is 0 Å². The number of methoxy groups -OCH3 is 1. The SMILES string of the molecule is COCC(N)c1ccsc1C. The maximum absolute atomic E-state index is 5.83. The molecule has 11 heavy (non-hydrogen) atoms. The molecule has 3 heteroatoms. The standard InChI is InChI=1S/C8H13NOS/c1-6-7(3-4-11-6)8(9)5-10-2/h3-4,8H,5,9H2,1-2H3. The molecular formula is C8H13NOS. The Morgan fingerprint density at radius 3 is 2.91 bits per heavy atom. The summed E-state index contributed by atoms with van der Waals surface area (Å²) in [5, 5.41) is 2.06. The van der Waals surface area contributed by atoms with Crippen LogP contribution >= 0.6 is 11.3 Å². The van der Waals surface area contributed by atoms with E-state index in [1.165, 1.54) is 10.4 Å². The van der Waals surface area contributed by atoms with E-state index in [0.717, 1.165) is 0 Å². The monoisotopic (exact) mass is 171 g/mol. The zero-order valence-electron chi connectivity index (χ0n) is 6.83. The number of hydrogen-bond acceptors (Lipinski definition) is 3. The first-order valence-corrected chi connectivity index (χ1v) is 4.42. The number of rotatable bonds is 3. The number of aryl methyl sites for hydroxylation is 1. The molecule has 1 heterocycles. The van der Waals surface area contributed by atoms with Gasteiger partial charge in [0.1, 0.15) is 0 Å². The van der Waals surface area contributed by atoms with Gasteiger partial charge in [-0.05, 0) is 23.9 Å². The summed E-state index contributed by atoms with van der Waals surface area (Å²) in [6, 6.07) is 2.09. The lowest BCUT2D eigenvalue weighted by Gasteiger charge is -2.09. The molecule has 1 atom stereocenters. The van der Waals surface area contributed by atoms with Crippen LogP contribution in [0.3, 0.4) is 0 Å². The second kappa shape index (κ2) is 3.85. The Hall–Kier alpha value is -0.380. The highest BCUT2D eigenvalue weighted by Crippen LogP contribution is 2.20. The normalized spacial score (nSPS) is 13.4. The molecule has 0 aromatic carbocycles. The van der Waals surface area contributed by atoms with Crippen molar-refractivity contribution in [3.8, 4) is 0 Å². The van der Waals surface area contributed by atoms with Crippen LogP contribution in [0.15, 0.2) is 11.4 Å². The molecule has 0 fully saturated rings. The van der Waals surface area contributed by atoms with Crippen LogP contribution in [0.5, 0.6) is 0 Å². The third-order valence-corrected chi connectivity index (χ3v) is 2.51. The lowest BCUT2D eigenvalue weighted by Crippen LogP contribution is -2.15. The van der Waals surface area contributed by atoms with Gasteiger partial charge < -0.3 is 10.5 Å². The molecule has 0 saturated carbocycles. The highest BCUT2D eigenvalue weighted by molar-refractivity contribution is 7.10. The van der Waals surface area contributed by atoms with E-state index in [1.807, 2.05) is 0 Å². The summed E-state index contributed by atoms with van der Waals surface area (Å²) in [6.07, 6.45) is 0. The highest BCUT2D eigenvalue weighted by atomic mass is 32.1. The summed E-state index contributed by atoms with van der Waals surface area (Å²) in [6.45, 7) is 2.67. The third kappa shape index (κ3) is 2.02. The van der Waals surface area contributed by atoms with E-state index in [-0.39, 0.29) is 6.04 Å². The van der Waals surface area contributed by atoms with E-state index in [1.54, 1.807) is 18.4 Å². The molecule has 0 bridgehead atoms. The van der Waals surface area contributed by atoms with Crippen LogP contribution in [0.4, 0.5) is 0 Å². The predicted octanol–water partition coefficient (Wildman–Crippen LogP) is 1.70. The van der Waals surface area contributed by atoms with Gasteiger partial charge in [0, 0.05) is 12.0 Å². The Bertz CT molecular complexity index is 222. The van der Waals surface area contributed by atoms with Crippen molar-refractivity contribution in [2.45, 2.75) is 13.0 Å². The van der Waals surface area contributed by atoms with Gasteiger partial charge in [-0.2, -0.15) is 0 Å². The molecular weight excluding hydrogens is 158 g/mol. The average molecular weight is 171 g/mol. The Balaban J connectivity index is 2.67. The second-order valence-electron chi connectivity index (χ2n) is 2.49. The van der Waals surface area contributed by atoms with Crippen LogP contribution < -0.4 is 5.73 Å². The Morgan fingerprint density at radius 2 is 2.45 bits per heavy atom. The first kappa shape index (κ1) is 8.71. The van der Waals surface area contributed by atoms with Crippen LogP contribution in [-0.2, 0) is 4.74 Å². The van der Waals surface area contributed by atoms with Gasteiger partial charge in [0.05, 0.1) is 12.6 Å². The fraction of sp³-hybridized carbons (Fsp3) is 0.500. The quantitative estimate of drug-likeness (QED) is 0.751. The third-order valence-electron chi connectivity index (χ3n) is 1.64. The minimum Gasteiger partial charge on any atom is -0.383 e. The van der Waals surface area contributed by atoms with Crippen LogP contribution in [0.1, 0.15) is 16.5 Å². The van der Waals surface area contributed by atoms with Crippen LogP contribution in [0.2, 0.25) is 0 Å². The maximum Gasteiger partial charge on any atom is 0.0655 e. The van der Waals surface area contributed by atoms with Gasteiger partial charge in [0.15, 0.2) is 0 Å². The Morgan fingerprint density at radius 1 is 1.73 bits per heavy atom. The van der Waals surface area contributed by atoms with Crippen LogP contribution in [-0.4, -0.2) is 13.7 Å². The molecule has 0 saturated heterocycles. The van der Waals surface area contributed by atoms with Crippen molar-refractivity contribution in [2.24, 2.45) is 5.73 Å². The van der Waals surface area contributed by atoms with Gasteiger partial charge in [-0.3, -0.25) is 0 Å². The summed E-state index contributed by atoms with van der Waals surface area (Å²) in [7, 11) is 1.67. The maximum atomic E-state index is 5.83. The molecule has 0 aliphatic rings. The van der Waals surface area contributed by atoms with Gasteiger partial charge in [-0.25, -0.2) is 0 Å². The topological polar surface area (TPSA) is 35.2 Å². The first-order chi connectivity index (χ1) is 5.25. The van der Waals surface area contributed by atoms with Crippen molar-refractivity contribution in [1.82, 2.24) is 0 Å². The summed E-state index contributed by atoms with van der Waals surface area (Å²) < 4.78 is 4.96. The molecule has 1 rings (SSSR count). The molecule has 0 radical (unpaired) electrons. The predicted molar refractivity (Wildman–Crippen MR) is 47.9 cm³/mol. The fourth-order valence-electron chi connectivity index (χ4n) is 1.05. The molecule has 1 aromatic rings. The van der Waals surface area contributed by atoms with Gasteiger partial charge in [-0.1, -0.05) is 0 Å². The summed E-state index contributed by atoms with van der Waals surface area (Å²) in [5.41, 5.74) is 7.04. The van der Waals surface area contributed by atoms with Crippen LogP contribution in [0, 0.1) is 6.92 Å². The minimum atomic E-state index is 0.0336. The molecule has 62 valence electrons. The zero-order valence-corrected chi connectivity index (χ0v) is 7.65. The second-order valence-corrected chi connectivity index (χ2v) is 3.61. The van der Waals surface area contributed by atoms with Crippen molar-refractivity contribution in [2.75, 3.05) is 13.7 Å². The molecule has 1 unspecified atom stereocenters. The number of nitrogens with two attached hydrogens (primary N) is 1. The van der Waals surface area contributed by atoms with E-state index in [9.17, 15) is 0 Å². The summed E-state index contributed by atoms with van der Waals surface area (Å²) in [4.78, 5) is 1.29. The number of thiophene rings is 1. The van der Waals surface area contributed by atoms with Crippen molar-refractivity contribution in [1.29, 1.82) is 0 Å². The largest absolute Gasteiger partial charge is 0.383 e. The number of ether oxygens (including phenoxy) is 1. The molecule has 2 N–H and O–H groups in total. The van der Waals surface area contributed by atoms with Gasteiger partial charge in [0.2, 0.25) is 0 Å². The smallest absolute Gasteiger partial charge is 0.0655 e. The Labute approximate surface area is 71.0 Å². The molecule has 0 aliphatic carbocycles. The number of hydrogen-bond donors (Lipinski definition) is 1. The summed E-state index contributed by atoms with van der Waals surface area (Å²) in [5.74, 6) is 0. The van der Waals surface area contributed by atoms with E-state index in [2.05, 4.69) is 18.4 Å². The average Bonchev–Trinajstić information content (AvgIpc) is 2.36. The van der Waals surface area contributed by atoms with E-state index in [4.69, 9.17) is 10.5 Å². The zero-order chi connectivity index (χ0) is 8.27. The molecule has 2 nitrogen and oxygen atoms in total. The van der Waals surface area contributed by atoms with Gasteiger partial charge in [0.25, 0.3) is 0 Å². The summed E-state index contributed by atoms with van der Waals surface area (Å²) >= 11 is 1.72. The van der Waals surface area contributed by atoms with Crippen LogP contribution in [0.25, 0.3) is 0 Å². The van der Waals surface area contributed by atoms with Gasteiger partial charge in [-0.15, -0.1) is 11.3 Å². The minimum absolute atomic E-state index is 0.0336. The van der Waals surface area contributed by atoms with Gasteiger partial charge >= 0.3 is 0 Å². The van der Waals surface area contributed by atoms with Crippen molar-refractivity contribution < 1.29 is 4.74 Å². The molecule has 1 aromatic heterocycles. The van der Waals surface area contributed by atoms with E-state index >= 15 is 0 Å². The first-order valence-electron chi connectivity index (χ1n) is 3.54. The highest BCUT2D eigenvalue weighted by Gasteiger charge is 2.08. The Kier molecular flexibility index (Phi) is 3.05. The lowest BCUT2D eigenvalue weighted by molar-refractivity contribution is 0.181. The fourth-order valence-corrected chi connectivity index (χ4v) is 1.82. The van der Waals surface area contributed by atoms with E-state index in [0.29, 0.717) is 6.61 Å². The van der Waals surface area contributed by atoms with Crippen molar-refractivity contribution >= 4 is 11.3 Å². The molecule has 0 aliphatic heterocycles. The molecule has 0 spiro atoms. The lowest BCUT2D eigenvalue weighted by atomic mass is 10.1. The van der Waals surface area contributed by atoms with Crippen molar-refractivity contribution in [3.05, 3.63) is 21.9 Å².